The molecule has 2 amide bonds. The average molecular weight is 271 g/mol. The maximum absolute atomic E-state index is 11.7. The maximum Gasteiger partial charge on any atom is 0.414 e. The van der Waals surface area contributed by atoms with Gasteiger partial charge in [-0.2, -0.15) is 0 Å². The summed E-state index contributed by atoms with van der Waals surface area (Å²) in [5.41, 5.74) is 1.01. The van der Waals surface area contributed by atoms with E-state index in [-0.39, 0.29) is 6.54 Å². The van der Waals surface area contributed by atoms with Crippen molar-refractivity contribution in [3.05, 3.63) is 28.0 Å². The van der Waals surface area contributed by atoms with Gasteiger partial charge in [0.05, 0.1) is 11.3 Å². The number of carbonyl (C=O) groups is 2. The van der Waals surface area contributed by atoms with Crippen molar-refractivity contribution >= 4 is 27.9 Å². The van der Waals surface area contributed by atoms with Crippen molar-refractivity contribution < 1.29 is 14.7 Å². The number of carboxylic acid groups (broad SMARTS) is 1. The van der Waals surface area contributed by atoms with E-state index in [0.717, 1.165) is 4.90 Å². The minimum atomic E-state index is -1.22. The molecule has 15 heavy (non-hydrogen) atoms. The van der Waals surface area contributed by atoms with Crippen LogP contribution in [0.25, 0.3) is 0 Å². The molecule has 78 valence electrons. The first kappa shape index (κ1) is 10.1. The van der Waals surface area contributed by atoms with Crippen molar-refractivity contribution in [2.45, 2.75) is 6.42 Å². The smallest absolute Gasteiger partial charge is 0.414 e. The van der Waals surface area contributed by atoms with Gasteiger partial charge in [-0.25, -0.2) is 9.69 Å². The number of hydrogen-bond donors (Lipinski definition) is 1. The monoisotopic (exact) mass is 270 g/mol. The SMILES string of the molecule is O=C(O)N1CCc2ncc(Br)cc2C1=O. The van der Waals surface area contributed by atoms with E-state index in [4.69, 9.17) is 5.11 Å². The summed E-state index contributed by atoms with van der Waals surface area (Å²) in [5.74, 6) is -0.502. The Balaban J connectivity index is 2.45. The van der Waals surface area contributed by atoms with Crippen LogP contribution in [0.2, 0.25) is 0 Å². The van der Waals surface area contributed by atoms with Crippen LogP contribution < -0.4 is 0 Å². The molecule has 1 N–H and O–H groups in total. The van der Waals surface area contributed by atoms with Crippen molar-refractivity contribution in [1.82, 2.24) is 9.88 Å². The van der Waals surface area contributed by atoms with Crippen LogP contribution in [-0.4, -0.2) is 33.5 Å². The third-order valence-corrected chi connectivity index (χ3v) is 2.65. The van der Waals surface area contributed by atoms with E-state index in [1.165, 1.54) is 0 Å². The first-order chi connectivity index (χ1) is 7.09. The van der Waals surface area contributed by atoms with Crippen molar-refractivity contribution in [3.63, 3.8) is 0 Å². The molecule has 0 saturated heterocycles. The number of pyridine rings is 1. The van der Waals surface area contributed by atoms with Crippen LogP contribution in [0.5, 0.6) is 0 Å². The number of amides is 2. The van der Waals surface area contributed by atoms with Crippen molar-refractivity contribution in [1.29, 1.82) is 0 Å². The Bertz CT molecular complexity index is 447. The molecule has 1 aliphatic rings. The van der Waals surface area contributed by atoms with E-state index >= 15 is 0 Å². The Morgan fingerprint density at radius 1 is 1.60 bits per heavy atom. The third-order valence-electron chi connectivity index (χ3n) is 2.22. The van der Waals surface area contributed by atoms with Crippen molar-refractivity contribution in [2.75, 3.05) is 6.54 Å². The zero-order valence-corrected chi connectivity index (χ0v) is 9.19. The highest BCUT2D eigenvalue weighted by Gasteiger charge is 2.29. The molecule has 0 aliphatic carbocycles. The fraction of sp³-hybridized carbons (Fsp3) is 0.222. The minimum absolute atomic E-state index is 0.176. The third kappa shape index (κ3) is 1.72. The Labute approximate surface area is 93.8 Å². The molecule has 5 nitrogen and oxygen atoms in total. The fourth-order valence-corrected chi connectivity index (χ4v) is 1.83. The summed E-state index contributed by atoms with van der Waals surface area (Å²) in [6.07, 6.45) is 0.856. The molecule has 0 unspecified atom stereocenters. The molecule has 0 atom stereocenters. The summed E-state index contributed by atoms with van der Waals surface area (Å²) >= 11 is 3.19. The van der Waals surface area contributed by atoms with Gasteiger partial charge in [-0.1, -0.05) is 0 Å². The standard InChI is InChI=1S/C9H7BrN2O3/c10-5-3-6-7(11-4-5)1-2-12(8(6)13)9(14)15/h3-4H,1-2H2,(H,14,15). The molecule has 1 aromatic heterocycles. The summed E-state index contributed by atoms with van der Waals surface area (Å²) in [4.78, 5) is 27.3. The molecule has 0 bridgehead atoms. The predicted molar refractivity (Wildman–Crippen MR) is 54.7 cm³/mol. The van der Waals surface area contributed by atoms with Gasteiger partial charge in [0.2, 0.25) is 0 Å². The molecule has 0 aromatic carbocycles. The van der Waals surface area contributed by atoms with E-state index in [1.807, 2.05) is 0 Å². The molecule has 0 saturated carbocycles. The largest absolute Gasteiger partial charge is 0.465 e. The summed E-state index contributed by atoms with van der Waals surface area (Å²) < 4.78 is 0.668. The molecule has 2 rings (SSSR count). The molecule has 1 aliphatic heterocycles. The zero-order valence-electron chi connectivity index (χ0n) is 7.61. The van der Waals surface area contributed by atoms with Gasteiger partial charge in [-0.3, -0.25) is 9.78 Å². The van der Waals surface area contributed by atoms with E-state index in [1.54, 1.807) is 12.3 Å². The average Bonchev–Trinajstić information content (AvgIpc) is 2.19. The Morgan fingerprint density at radius 2 is 2.33 bits per heavy atom. The van der Waals surface area contributed by atoms with Gasteiger partial charge in [-0.05, 0) is 22.0 Å². The molecule has 0 fully saturated rings. The predicted octanol–water partition coefficient (Wildman–Crippen LogP) is 1.52. The summed E-state index contributed by atoms with van der Waals surface area (Å²) in [6, 6.07) is 1.60. The van der Waals surface area contributed by atoms with Crippen LogP contribution in [0.15, 0.2) is 16.7 Å². The summed E-state index contributed by atoms with van der Waals surface area (Å²) in [6.45, 7) is 0.176. The Hall–Kier alpha value is -1.43. The zero-order chi connectivity index (χ0) is 11.0. The second-order valence-electron chi connectivity index (χ2n) is 3.14. The topological polar surface area (TPSA) is 70.5 Å². The van der Waals surface area contributed by atoms with Gasteiger partial charge >= 0.3 is 6.09 Å². The Kier molecular flexibility index (Phi) is 2.44. The van der Waals surface area contributed by atoms with E-state index in [0.29, 0.717) is 22.2 Å². The molecular weight excluding hydrogens is 264 g/mol. The van der Waals surface area contributed by atoms with Gasteiger partial charge in [0.15, 0.2) is 0 Å². The number of hydrogen-bond acceptors (Lipinski definition) is 3. The van der Waals surface area contributed by atoms with Gasteiger partial charge in [0.25, 0.3) is 5.91 Å². The summed E-state index contributed by atoms with van der Waals surface area (Å²) in [5, 5.41) is 8.78. The number of rotatable bonds is 0. The van der Waals surface area contributed by atoms with Crippen molar-refractivity contribution in [3.8, 4) is 0 Å². The Morgan fingerprint density at radius 3 is 3.00 bits per heavy atom. The number of nitrogens with zero attached hydrogens (tertiary/aromatic N) is 2. The van der Waals surface area contributed by atoms with E-state index in [9.17, 15) is 9.59 Å². The number of halogens is 1. The number of aromatic nitrogens is 1. The van der Waals surface area contributed by atoms with Gasteiger partial charge in [-0.15, -0.1) is 0 Å². The number of fused-ring (bicyclic) bond motifs is 1. The van der Waals surface area contributed by atoms with E-state index < -0.39 is 12.0 Å². The lowest BCUT2D eigenvalue weighted by atomic mass is 10.1. The highest BCUT2D eigenvalue weighted by atomic mass is 79.9. The van der Waals surface area contributed by atoms with Crippen LogP contribution in [0, 0.1) is 0 Å². The van der Waals surface area contributed by atoms with E-state index in [2.05, 4.69) is 20.9 Å². The number of imide groups is 1. The van der Waals surface area contributed by atoms with Gasteiger partial charge < -0.3 is 5.11 Å². The van der Waals surface area contributed by atoms with Crippen LogP contribution in [0.3, 0.4) is 0 Å². The minimum Gasteiger partial charge on any atom is -0.465 e. The highest BCUT2D eigenvalue weighted by molar-refractivity contribution is 9.10. The van der Waals surface area contributed by atoms with Crippen LogP contribution in [0.4, 0.5) is 4.79 Å². The second kappa shape index (κ2) is 3.62. The molecule has 0 spiro atoms. The lowest BCUT2D eigenvalue weighted by Crippen LogP contribution is -2.41. The van der Waals surface area contributed by atoms with Gasteiger partial charge in [0.1, 0.15) is 0 Å². The molecule has 0 radical (unpaired) electrons. The normalized spacial score (nSPS) is 15.0. The molecule has 6 heteroatoms. The maximum atomic E-state index is 11.7. The number of carbonyl (C=O) groups excluding carboxylic acids is 1. The first-order valence-electron chi connectivity index (χ1n) is 4.29. The lowest BCUT2D eigenvalue weighted by Gasteiger charge is -2.23. The second-order valence-corrected chi connectivity index (χ2v) is 4.05. The lowest BCUT2D eigenvalue weighted by molar-refractivity contribution is 0.0725. The van der Waals surface area contributed by atoms with Gasteiger partial charge in [0, 0.05) is 23.6 Å². The highest BCUT2D eigenvalue weighted by Crippen LogP contribution is 2.20. The molecular formula is C9H7BrN2O3. The molecule has 2 heterocycles. The first-order valence-corrected chi connectivity index (χ1v) is 5.08. The van der Waals surface area contributed by atoms with Crippen LogP contribution in [-0.2, 0) is 6.42 Å². The summed E-state index contributed by atoms with van der Waals surface area (Å²) in [7, 11) is 0. The van der Waals surface area contributed by atoms with Crippen LogP contribution in [0.1, 0.15) is 16.1 Å². The fourth-order valence-electron chi connectivity index (χ4n) is 1.50. The quantitative estimate of drug-likeness (QED) is 0.776. The molecule has 1 aromatic rings. The van der Waals surface area contributed by atoms with Crippen molar-refractivity contribution in [2.24, 2.45) is 0 Å². The van der Waals surface area contributed by atoms with Crippen LogP contribution >= 0.6 is 15.9 Å².